The summed E-state index contributed by atoms with van der Waals surface area (Å²) in [5, 5.41) is 15.8. The first kappa shape index (κ1) is 22.8. The molecular formula is C25H21N5O3S. The van der Waals surface area contributed by atoms with Crippen LogP contribution in [-0.4, -0.2) is 25.1 Å². The number of amides is 1. The van der Waals surface area contributed by atoms with Gasteiger partial charge in [-0.3, -0.25) is 15.2 Å². The number of nitrogens with zero attached hydrogens (tertiary/aromatic N) is 1. The fourth-order valence-corrected chi connectivity index (χ4v) is 4.31. The van der Waals surface area contributed by atoms with Crippen molar-refractivity contribution in [1.82, 2.24) is 4.98 Å². The molecule has 170 valence electrons. The first-order valence-electron chi connectivity index (χ1n) is 10.2. The van der Waals surface area contributed by atoms with E-state index in [0.717, 1.165) is 0 Å². The van der Waals surface area contributed by atoms with Crippen LogP contribution in [0.1, 0.15) is 16.1 Å². The Morgan fingerprint density at radius 2 is 1.56 bits per heavy atom. The molecule has 0 aliphatic carbocycles. The molecule has 0 fully saturated rings. The molecule has 8 nitrogen and oxygen atoms in total. The summed E-state index contributed by atoms with van der Waals surface area (Å²) in [6, 6.07) is 23.7. The Bertz CT molecular complexity index is 1500. The van der Waals surface area contributed by atoms with Crippen molar-refractivity contribution in [1.29, 1.82) is 5.41 Å². The van der Waals surface area contributed by atoms with E-state index in [-0.39, 0.29) is 16.4 Å². The number of primary sulfonamides is 1. The molecule has 34 heavy (non-hydrogen) atoms. The van der Waals surface area contributed by atoms with Crippen LogP contribution < -0.4 is 16.2 Å². The minimum atomic E-state index is -3.89. The van der Waals surface area contributed by atoms with E-state index in [4.69, 9.17) is 16.3 Å². The van der Waals surface area contributed by atoms with E-state index >= 15 is 0 Å². The van der Waals surface area contributed by atoms with Crippen LogP contribution in [0.15, 0.2) is 96.0 Å². The van der Waals surface area contributed by atoms with Gasteiger partial charge in [-0.1, -0.05) is 54.6 Å². The predicted molar refractivity (Wildman–Crippen MR) is 132 cm³/mol. The first-order valence-corrected chi connectivity index (χ1v) is 11.7. The average molecular weight is 472 g/mol. The van der Waals surface area contributed by atoms with Crippen molar-refractivity contribution in [3.05, 3.63) is 102 Å². The van der Waals surface area contributed by atoms with Crippen LogP contribution in [0.4, 0.5) is 5.69 Å². The quantitative estimate of drug-likeness (QED) is 0.250. The lowest BCUT2D eigenvalue weighted by Crippen LogP contribution is -2.15. The molecule has 4 rings (SSSR count). The molecule has 4 aromatic rings. The number of sulfonamides is 1. The Morgan fingerprint density at radius 1 is 0.853 bits per heavy atom. The van der Waals surface area contributed by atoms with Crippen LogP contribution in [0.5, 0.6) is 0 Å². The van der Waals surface area contributed by atoms with Gasteiger partial charge in [-0.25, -0.2) is 13.6 Å². The van der Waals surface area contributed by atoms with E-state index in [1.54, 1.807) is 72.8 Å². The highest BCUT2D eigenvalue weighted by molar-refractivity contribution is 7.89. The number of nitrogen functional groups attached to an aromatic ring is 1. The number of pyridine rings is 1. The molecule has 1 aromatic heterocycles. The van der Waals surface area contributed by atoms with Crippen LogP contribution in [0.25, 0.3) is 22.3 Å². The normalized spacial score (nSPS) is 11.1. The van der Waals surface area contributed by atoms with Crippen LogP contribution in [0.2, 0.25) is 0 Å². The van der Waals surface area contributed by atoms with Crippen LogP contribution in [0.3, 0.4) is 0 Å². The molecule has 0 spiro atoms. The third-order valence-electron chi connectivity index (χ3n) is 5.15. The lowest BCUT2D eigenvalue weighted by Gasteiger charge is -2.12. The van der Waals surface area contributed by atoms with Gasteiger partial charge in [-0.05, 0) is 41.5 Å². The maximum atomic E-state index is 13.0. The number of amidine groups is 1. The highest BCUT2D eigenvalue weighted by Crippen LogP contribution is 2.28. The number of carbonyl (C=O) groups is 1. The van der Waals surface area contributed by atoms with Crippen LogP contribution in [-0.2, 0) is 10.0 Å². The molecule has 0 radical (unpaired) electrons. The maximum Gasteiger partial charge on any atom is 0.274 e. The molecule has 1 amide bonds. The zero-order valence-corrected chi connectivity index (χ0v) is 18.7. The summed E-state index contributed by atoms with van der Waals surface area (Å²) in [5.41, 5.74) is 9.29. The minimum Gasteiger partial charge on any atom is -0.384 e. The number of anilines is 1. The highest BCUT2D eigenvalue weighted by atomic mass is 32.2. The number of carbonyl (C=O) groups excluding carboxylic acids is 1. The second-order valence-corrected chi connectivity index (χ2v) is 9.00. The second-order valence-electron chi connectivity index (χ2n) is 7.47. The number of nitrogens with two attached hydrogens (primary N) is 2. The Labute approximate surface area is 196 Å². The van der Waals surface area contributed by atoms with Gasteiger partial charge in [0.15, 0.2) is 0 Å². The van der Waals surface area contributed by atoms with Gasteiger partial charge in [-0.15, -0.1) is 0 Å². The SMILES string of the molecule is N=C(N)c1cccc(-c2cccnc2C(=O)Nc2ccc(-c3ccccc3S(N)(=O)=O)cc2)c1. The average Bonchev–Trinajstić information content (AvgIpc) is 2.84. The van der Waals surface area contributed by atoms with Gasteiger partial charge in [0.05, 0.1) is 4.90 Å². The van der Waals surface area contributed by atoms with Crippen molar-refractivity contribution in [3.8, 4) is 22.3 Å². The summed E-state index contributed by atoms with van der Waals surface area (Å²) in [7, 11) is -3.89. The van der Waals surface area contributed by atoms with E-state index in [1.165, 1.54) is 12.3 Å². The Balaban J connectivity index is 1.61. The Morgan fingerprint density at radius 3 is 2.26 bits per heavy atom. The summed E-state index contributed by atoms with van der Waals surface area (Å²) in [6.45, 7) is 0. The summed E-state index contributed by atoms with van der Waals surface area (Å²) < 4.78 is 23.8. The maximum absolute atomic E-state index is 13.0. The zero-order valence-electron chi connectivity index (χ0n) is 17.9. The lowest BCUT2D eigenvalue weighted by molar-refractivity contribution is 0.102. The molecular weight excluding hydrogens is 450 g/mol. The van der Waals surface area contributed by atoms with Crippen molar-refractivity contribution in [3.63, 3.8) is 0 Å². The molecule has 9 heteroatoms. The van der Waals surface area contributed by atoms with E-state index in [0.29, 0.717) is 33.5 Å². The van der Waals surface area contributed by atoms with Gasteiger partial charge in [0.25, 0.3) is 5.91 Å². The fourth-order valence-electron chi connectivity index (χ4n) is 3.55. The Kier molecular flexibility index (Phi) is 6.22. The van der Waals surface area contributed by atoms with E-state index in [9.17, 15) is 13.2 Å². The first-order chi connectivity index (χ1) is 16.2. The largest absolute Gasteiger partial charge is 0.384 e. The van der Waals surface area contributed by atoms with Crippen molar-refractivity contribution >= 4 is 27.5 Å². The van der Waals surface area contributed by atoms with Crippen LogP contribution >= 0.6 is 0 Å². The molecule has 0 bridgehead atoms. The molecule has 0 aliphatic rings. The molecule has 1 heterocycles. The molecule has 3 aromatic carbocycles. The molecule has 0 saturated heterocycles. The number of hydrogen-bond donors (Lipinski definition) is 4. The monoisotopic (exact) mass is 471 g/mol. The fraction of sp³-hybridized carbons (Fsp3) is 0. The molecule has 0 atom stereocenters. The number of nitrogens with one attached hydrogen (secondary N) is 2. The molecule has 0 unspecified atom stereocenters. The van der Waals surface area contributed by atoms with Gasteiger partial charge in [0.2, 0.25) is 10.0 Å². The van der Waals surface area contributed by atoms with Crippen molar-refractivity contribution in [2.45, 2.75) is 4.90 Å². The summed E-state index contributed by atoms with van der Waals surface area (Å²) >= 11 is 0. The van der Waals surface area contributed by atoms with E-state index < -0.39 is 15.9 Å². The zero-order chi connectivity index (χ0) is 24.3. The van der Waals surface area contributed by atoms with Gasteiger partial charge in [0, 0.05) is 28.6 Å². The van der Waals surface area contributed by atoms with Gasteiger partial charge in [0.1, 0.15) is 11.5 Å². The van der Waals surface area contributed by atoms with E-state index in [1.807, 2.05) is 6.07 Å². The van der Waals surface area contributed by atoms with Gasteiger partial charge < -0.3 is 11.1 Å². The minimum absolute atomic E-state index is 0.0257. The van der Waals surface area contributed by atoms with Crippen molar-refractivity contribution in [2.75, 3.05) is 5.32 Å². The van der Waals surface area contributed by atoms with Gasteiger partial charge in [-0.2, -0.15) is 0 Å². The summed E-state index contributed by atoms with van der Waals surface area (Å²) in [6.07, 6.45) is 1.53. The van der Waals surface area contributed by atoms with Crippen molar-refractivity contribution < 1.29 is 13.2 Å². The number of rotatable bonds is 6. The van der Waals surface area contributed by atoms with Crippen LogP contribution in [0, 0.1) is 5.41 Å². The number of hydrogen-bond acceptors (Lipinski definition) is 5. The highest BCUT2D eigenvalue weighted by Gasteiger charge is 2.17. The Hall–Kier alpha value is -4.34. The van der Waals surface area contributed by atoms with Gasteiger partial charge >= 0.3 is 0 Å². The summed E-state index contributed by atoms with van der Waals surface area (Å²) in [5.74, 6) is -0.484. The smallest absolute Gasteiger partial charge is 0.274 e. The molecule has 6 N–H and O–H groups in total. The molecule has 0 aliphatic heterocycles. The van der Waals surface area contributed by atoms with E-state index in [2.05, 4.69) is 10.3 Å². The third kappa shape index (κ3) is 4.85. The standard InChI is InChI=1S/C25H21N5O3S/c26-24(27)18-6-3-5-17(15-18)21-8-4-14-29-23(21)25(31)30-19-12-10-16(11-13-19)20-7-1-2-9-22(20)34(28,32)33/h1-15H,(H3,26,27)(H,30,31)(H2,28,32,33). The second kappa shape index (κ2) is 9.26. The topological polar surface area (TPSA) is 152 Å². The number of aromatic nitrogens is 1. The summed E-state index contributed by atoms with van der Waals surface area (Å²) in [4.78, 5) is 17.3. The lowest BCUT2D eigenvalue weighted by atomic mass is 10.0. The van der Waals surface area contributed by atoms with Crippen molar-refractivity contribution in [2.24, 2.45) is 10.9 Å². The number of benzene rings is 3. The predicted octanol–water partition coefficient (Wildman–Crippen LogP) is 3.60. The third-order valence-corrected chi connectivity index (χ3v) is 6.12. The molecule has 0 saturated carbocycles.